The summed E-state index contributed by atoms with van der Waals surface area (Å²) in [6, 6.07) is 0. The van der Waals surface area contributed by atoms with Gasteiger partial charge in [0.2, 0.25) is 0 Å². The average molecular weight is 379 g/mol. The third-order valence-corrected chi connectivity index (χ3v) is 5.98. The second kappa shape index (κ2) is 7.78. The van der Waals surface area contributed by atoms with E-state index in [0.29, 0.717) is 0 Å². The Hall–Kier alpha value is -1.01. The molecular formula is C21H38BNO4. The Kier molecular flexibility index (Phi) is 6.43. The topological polar surface area (TPSA) is 56.8 Å². The highest BCUT2D eigenvalue weighted by molar-refractivity contribution is 6.54. The van der Waals surface area contributed by atoms with E-state index >= 15 is 0 Å². The van der Waals surface area contributed by atoms with E-state index in [2.05, 4.69) is 46.0 Å². The minimum atomic E-state index is -0.492. The van der Waals surface area contributed by atoms with Gasteiger partial charge in [0, 0.05) is 5.54 Å². The van der Waals surface area contributed by atoms with Crippen molar-refractivity contribution in [2.45, 2.75) is 116 Å². The van der Waals surface area contributed by atoms with Gasteiger partial charge in [0.25, 0.3) is 0 Å². The molecule has 1 N–H and O–H groups in total. The summed E-state index contributed by atoms with van der Waals surface area (Å²) in [4.78, 5) is 12.4. The first-order valence-electron chi connectivity index (χ1n) is 10.3. The zero-order chi connectivity index (χ0) is 20.5. The van der Waals surface area contributed by atoms with Crippen molar-refractivity contribution in [3.8, 4) is 0 Å². The maximum atomic E-state index is 12.4. The molecule has 1 saturated heterocycles. The van der Waals surface area contributed by atoms with E-state index in [0.717, 1.165) is 38.5 Å². The van der Waals surface area contributed by atoms with E-state index in [-0.39, 0.29) is 30.0 Å². The second-order valence-corrected chi connectivity index (χ2v) is 10.1. The van der Waals surface area contributed by atoms with Gasteiger partial charge in [-0.25, -0.2) is 4.79 Å². The molecular weight excluding hydrogens is 341 g/mol. The normalized spacial score (nSPS) is 27.3. The number of ether oxygens (including phenoxy) is 1. The van der Waals surface area contributed by atoms with Gasteiger partial charge in [-0.05, 0) is 79.6 Å². The molecule has 5 nitrogen and oxygen atoms in total. The molecule has 154 valence electrons. The van der Waals surface area contributed by atoms with Gasteiger partial charge in [-0.2, -0.15) is 0 Å². The molecule has 2 rings (SSSR count). The van der Waals surface area contributed by atoms with Crippen LogP contribution in [0.3, 0.4) is 0 Å². The van der Waals surface area contributed by atoms with Crippen molar-refractivity contribution < 1.29 is 18.8 Å². The Morgan fingerprint density at radius 2 is 1.81 bits per heavy atom. The van der Waals surface area contributed by atoms with Crippen LogP contribution in [0.1, 0.15) is 93.9 Å². The predicted molar refractivity (Wildman–Crippen MR) is 110 cm³/mol. The summed E-state index contributed by atoms with van der Waals surface area (Å²) >= 11 is 0. The molecule has 0 radical (unpaired) electrons. The monoisotopic (exact) mass is 379 g/mol. The fraction of sp³-hybridized carbons (Fsp3) is 0.857. The van der Waals surface area contributed by atoms with E-state index in [1.54, 1.807) is 0 Å². The molecule has 0 aromatic carbocycles. The highest BCUT2D eigenvalue weighted by Gasteiger charge is 2.53. The predicted octanol–water partition coefficient (Wildman–Crippen LogP) is 5.18. The van der Waals surface area contributed by atoms with Crippen LogP contribution >= 0.6 is 0 Å². The summed E-state index contributed by atoms with van der Waals surface area (Å²) in [7, 11) is -0.291. The highest BCUT2D eigenvalue weighted by Crippen LogP contribution is 2.41. The number of hydrogen-bond donors (Lipinski definition) is 1. The lowest BCUT2D eigenvalue weighted by molar-refractivity contribution is 0.00578. The van der Waals surface area contributed by atoms with Gasteiger partial charge in [-0.1, -0.05) is 25.8 Å². The maximum absolute atomic E-state index is 12.4. The lowest BCUT2D eigenvalue weighted by atomic mass is 9.67. The molecule has 0 aromatic rings. The van der Waals surface area contributed by atoms with Crippen LogP contribution in [0.4, 0.5) is 4.79 Å². The van der Waals surface area contributed by atoms with E-state index in [9.17, 15) is 4.79 Å². The molecule has 6 heteroatoms. The van der Waals surface area contributed by atoms with Crippen molar-refractivity contribution in [2.24, 2.45) is 0 Å². The number of allylic oxidation sites excluding steroid dienone is 1. The summed E-state index contributed by atoms with van der Waals surface area (Å²) in [6.07, 6.45) is 7.53. The fourth-order valence-electron chi connectivity index (χ4n) is 3.56. The molecule has 1 fully saturated rings. The van der Waals surface area contributed by atoms with Crippen molar-refractivity contribution in [1.29, 1.82) is 0 Å². The fourth-order valence-corrected chi connectivity index (χ4v) is 3.56. The number of rotatable bonds is 5. The molecule has 1 amide bonds. The van der Waals surface area contributed by atoms with Gasteiger partial charge in [0.05, 0.1) is 11.2 Å². The largest absolute Gasteiger partial charge is 0.490 e. The Morgan fingerprint density at radius 3 is 2.26 bits per heavy atom. The number of alkyl carbamates (subject to hydrolysis) is 1. The van der Waals surface area contributed by atoms with Crippen molar-refractivity contribution in [3.63, 3.8) is 0 Å². The first kappa shape index (κ1) is 22.3. The number of unbranched alkanes of at least 4 members (excludes halogenated alkanes) is 1. The molecule has 2 aliphatic rings. The molecule has 1 aliphatic carbocycles. The first-order chi connectivity index (χ1) is 12.3. The SMILES string of the molecule is CCCCC1(NC(=O)OC(C)(C)C)CC=C(B2OC(C)(C)C(C)(C)O2)CC1. The molecule has 1 atom stereocenters. The van der Waals surface area contributed by atoms with Crippen LogP contribution in [0.2, 0.25) is 0 Å². The van der Waals surface area contributed by atoms with E-state index in [1.807, 2.05) is 20.8 Å². The zero-order valence-electron chi connectivity index (χ0n) is 18.5. The van der Waals surface area contributed by atoms with Gasteiger partial charge in [0.15, 0.2) is 0 Å². The number of amides is 1. The smallest absolute Gasteiger partial charge is 0.444 e. The lowest BCUT2D eigenvalue weighted by Gasteiger charge is -2.38. The van der Waals surface area contributed by atoms with Crippen molar-refractivity contribution in [2.75, 3.05) is 0 Å². The summed E-state index contributed by atoms with van der Waals surface area (Å²) in [5.74, 6) is 0. The minimum Gasteiger partial charge on any atom is -0.444 e. The van der Waals surface area contributed by atoms with E-state index in [4.69, 9.17) is 14.0 Å². The molecule has 1 heterocycles. The number of hydrogen-bond acceptors (Lipinski definition) is 4. The van der Waals surface area contributed by atoms with Crippen LogP contribution in [0, 0.1) is 0 Å². The molecule has 0 bridgehead atoms. The van der Waals surface area contributed by atoms with Crippen LogP contribution in [0.15, 0.2) is 11.5 Å². The Balaban J connectivity index is 2.09. The second-order valence-electron chi connectivity index (χ2n) is 10.1. The van der Waals surface area contributed by atoms with Crippen LogP contribution in [0.5, 0.6) is 0 Å². The molecule has 1 aliphatic heterocycles. The van der Waals surface area contributed by atoms with Gasteiger partial charge in [0.1, 0.15) is 5.60 Å². The first-order valence-corrected chi connectivity index (χ1v) is 10.3. The number of nitrogens with one attached hydrogen (secondary N) is 1. The quantitative estimate of drug-likeness (QED) is 0.669. The minimum absolute atomic E-state index is 0.245. The molecule has 27 heavy (non-hydrogen) atoms. The third-order valence-electron chi connectivity index (χ3n) is 5.98. The Labute approximate surface area is 165 Å². The van der Waals surface area contributed by atoms with Gasteiger partial charge < -0.3 is 19.4 Å². The third kappa shape index (κ3) is 5.51. The summed E-state index contributed by atoms with van der Waals surface area (Å²) < 4.78 is 17.9. The van der Waals surface area contributed by atoms with E-state index in [1.165, 1.54) is 5.47 Å². The Bertz CT molecular complexity index is 563. The summed E-state index contributed by atoms with van der Waals surface area (Å²) in [5.41, 5.74) is -0.208. The van der Waals surface area contributed by atoms with Crippen LogP contribution in [-0.4, -0.2) is 35.6 Å². The molecule has 1 unspecified atom stereocenters. The van der Waals surface area contributed by atoms with Crippen molar-refractivity contribution >= 4 is 13.2 Å². The highest BCUT2D eigenvalue weighted by atomic mass is 16.7. The maximum Gasteiger partial charge on any atom is 0.490 e. The number of carbonyl (C=O) groups excluding carboxylic acids is 1. The van der Waals surface area contributed by atoms with Gasteiger partial charge in [-0.3, -0.25) is 0 Å². The van der Waals surface area contributed by atoms with Crippen molar-refractivity contribution in [3.05, 3.63) is 11.5 Å². The number of carbonyl (C=O) groups is 1. The zero-order valence-corrected chi connectivity index (χ0v) is 18.5. The van der Waals surface area contributed by atoms with Gasteiger partial charge in [-0.15, -0.1) is 0 Å². The summed E-state index contributed by atoms with van der Waals surface area (Å²) in [6.45, 7) is 16.2. The van der Waals surface area contributed by atoms with E-state index < -0.39 is 5.60 Å². The van der Waals surface area contributed by atoms with Crippen LogP contribution in [-0.2, 0) is 14.0 Å². The average Bonchev–Trinajstić information content (AvgIpc) is 2.72. The molecule has 0 saturated carbocycles. The lowest BCUT2D eigenvalue weighted by Crippen LogP contribution is -2.51. The Morgan fingerprint density at radius 1 is 1.22 bits per heavy atom. The van der Waals surface area contributed by atoms with Crippen LogP contribution < -0.4 is 5.32 Å². The molecule has 0 spiro atoms. The van der Waals surface area contributed by atoms with Crippen LogP contribution in [0.25, 0.3) is 0 Å². The summed E-state index contributed by atoms with van der Waals surface area (Å²) in [5, 5.41) is 3.18. The van der Waals surface area contributed by atoms with Crippen molar-refractivity contribution in [1.82, 2.24) is 5.32 Å². The standard InChI is InChI=1S/C21H38BNO4/c1-9-10-13-21(23-17(24)25-18(2,3)4)14-11-16(12-15-21)22-26-19(5,6)20(7,8)27-22/h11H,9-10,12-15H2,1-8H3,(H,23,24). The molecule has 0 aromatic heterocycles. The van der Waals surface area contributed by atoms with Gasteiger partial charge >= 0.3 is 13.2 Å².